The van der Waals surface area contributed by atoms with E-state index in [0.29, 0.717) is 0 Å². The summed E-state index contributed by atoms with van der Waals surface area (Å²) in [5, 5.41) is 17.9. The highest BCUT2D eigenvalue weighted by Gasteiger charge is 2.21. The molecule has 0 heterocycles. The van der Waals surface area contributed by atoms with E-state index in [2.05, 4.69) is 0 Å². The maximum absolute atomic E-state index is 9.19. The fraction of sp³-hybridized carbons (Fsp3) is 0.500. The van der Waals surface area contributed by atoms with E-state index in [-0.39, 0.29) is 13.2 Å². The third kappa shape index (κ3) is 3.63. The van der Waals surface area contributed by atoms with Crippen molar-refractivity contribution in [3.8, 4) is 0 Å². The van der Waals surface area contributed by atoms with Crippen molar-refractivity contribution in [1.29, 1.82) is 0 Å². The Kier molecular flexibility index (Phi) is 4.27. The first-order valence-corrected chi connectivity index (χ1v) is 5.04. The minimum atomic E-state index is -0.812. The number of hydrogen-bond acceptors (Lipinski definition) is 3. The maximum Gasteiger partial charge on any atom is 0.100 e. The number of benzene rings is 1. The second-order valence-corrected chi connectivity index (χ2v) is 4.02. The van der Waals surface area contributed by atoms with Gasteiger partial charge in [0.2, 0.25) is 0 Å². The Labute approximate surface area is 90.3 Å². The number of aliphatic hydroxyl groups excluding tert-OH is 2. The Bertz CT molecular complexity index is 282. The average molecular weight is 210 g/mol. The lowest BCUT2D eigenvalue weighted by atomic mass is 9.98. The average Bonchev–Trinajstić information content (AvgIpc) is 2.27. The zero-order chi connectivity index (χ0) is 11.3. The molecule has 0 spiro atoms. The molecule has 0 radical (unpaired) electrons. The lowest BCUT2D eigenvalue weighted by molar-refractivity contribution is -0.0741. The molecule has 0 amide bonds. The van der Waals surface area contributed by atoms with E-state index in [9.17, 15) is 5.11 Å². The van der Waals surface area contributed by atoms with Crippen LogP contribution < -0.4 is 0 Å². The fourth-order valence-corrected chi connectivity index (χ4v) is 1.28. The lowest BCUT2D eigenvalue weighted by Crippen LogP contribution is -2.28. The topological polar surface area (TPSA) is 49.7 Å². The summed E-state index contributed by atoms with van der Waals surface area (Å²) in [4.78, 5) is 0. The molecule has 1 unspecified atom stereocenters. The third-order valence-corrected chi connectivity index (χ3v) is 2.32. The maximum atomic E-state index is 9.19. The van der Waals surface area contributed by atoms with Crippen molar-refractivity contribution in [2.75, 3.05) is 13.2 Å². The van der Waals surface area contributed by atoms with Gasteiger partial charge in [-0.15, -0.1) is 0 Å². The molecule has 2 N–H and O–H groups in total. The SMILES string of the molecule is CC(C)(OCC(O)CO)c1ccccc1. The van der Waals surface area contributed by atoms with Crippen LogP contribution in [-0.4, -0.2) is 29.5 Å². The highest BCUT2D eigenvalue weighted by molar-refractivity contribution is 5.20. The molecule has 0 bridgehead atoms. The molecular weight excluding hydrogens is 192 g/mol. The van der Waals surface area contributed by atoms with E-state index >= 15 is 0 Å². The van der Waals surface area contributed by atoms with Gasteiger partial charge < -0.3 is 14.9 Å². The van der Waals surface area contributed by atoms with Crippen LogP contribution in [0.25, 0.3) is 0 Å². The van der Waals surface area contributed by atoms with Crippen molar-refractivity contribution >= 4 is 0 Å². The number of aliphatic hydroxyl groups is 2. The molecule has 3 nitrogen and oxygen atoms in total. The van der Waals surface area contributed by atoms with E-state index in [4.69, 9.17) is 9.84 Å². The van der Waals surface area contributed by atoms with Crippen molar-refractivity contribution in [2.24, 2.45) is 0 Å². The molecule has 0 saturated heterocycles. The summed E-state index contributed by atoms with van der Waals surface area (Å²) in [5.74, 6) is 0. The molecule has 0 fully saturated rings. The van der Waals surface area contributed by atoms with Crippen LogP contribution >= 0.6 is 0 Å². The van der Waals surface area contributed by atoms with Crippen LogP contribution in [0, 0.1) is 0 Å². The van der Waals surface area contributed by atoms with Crippen molar-refractivity contribution in [1.82, 2.24) is 0 Å². The Morgan fingerprint density at radius 2 is 1.87 bits per heavy atom. The Balaban J connectivity index is 2.59. The highest BCUT2D eigenvalue weighted by Crippen LogP contribution is 2.24. The van der Waals surface area contributed by atoms with Crippen LogP contribution in [0.2, 0.25) is 0 Å². The van der Waals surface area contributed by atoms with Gasteiger partial charge in [0.15, 0.2) is 0 Å². The van der Waals surface area contributed by atoms with Gasteiger partial charge in [-0.2, -0.15) is 0 Å². The Hall–Kier alpha value is -0.900. The number of hydrogen-bond donors (Lipinski definition) is 2. The first-order valence-electron chi connectivity index (χ1n) is 5.04. The minimum absolute atomic E-state index is 0.137. The molecule has 0 saturated carbocycles. The van der Waals surface area contributed by atoms with Crippen molar-refractivity contribution in [3.63, 3.8) is 0 Å². The van der Waals surface area contributed by atoms with Crippen LogP contribution in [0.15, 0.2) is 30.3 Å². The van der Waals surface area contributed by atoms with E-state index in [1.807, 2.05) is 44.2 Å². The second-order valence-electron chi connectivity index (χ2n) is 4.02. The second kappa shape index (κ2) is 5.26. The van der Waals surface area contributed by atoms with Gasteiger partial charge >= 0.3 is 0 Å². The quantitative estimate of drug-likeness (QED) is 0.770. The summed E-state index contributed by atoms with van der Waals surface area (Å²) in [7, 11) is 0. The molecule has 0 aliphatic heterocycles. The predicted molar refractivity (Wildman–Crippen MR) is 58.5 cm³/mol. The minimum Gasteiger partial charge on any atom is -0.394 e. The lowest BCUT2D eigenvalue weighted by Gasteiger charge is -2.27. The van der Waals surface area contributed by atoms with Gasteiger partial charge in [0.1, 0.15) is 6.10 Å². The highest BCUT2D eigenvalue weighted by atomic mass is 16.5. The summed E-state index contributed by atoms with van der Waals surface area (Å²) in [6.45, 7) is 3.74. The van der Waals surface area contributed by atoms with Crippen molar-refractivity contribution < 1.29 is 14.9 Å². The molecule has 1 aromatic rings. The van der Waals surface area contributed by atoms with Gasteiger partial charge in [-0.3, -0.25) is 0 Å². The first kappa shape index (κ1) is 12.2. The molecule has 0 aliphatic rings. The zero-order valence-electron chi connectivity index (χ0n) is 9.18. The number of ether oxygens (including phenoxy) is 1. The molecule has 15 heavy (non-hydrogen) atoms. The smallest absolute Gasteiger partial charge is 0.100 e. The Morgan fingerprint density at radius 3 is 2.40 bits per heavy atom. The number of rotatable bonds is 5. The van der Waals surface area contributed by atoms with Crippen LogP contribution in [0.1, 0.15) is 19.4 Å². The summed E-state index contributed by atoms with van der Waals surface area (Å²) < 4.78 is 5.56. The summed E-state index contributed by atoms with van der Waals surface area (Å²) in [6, 6.07) is 9.80. The molecule has 84 valence electrons. The Morgan fingerprint density at radius 1 is 1.27 bits per heavy atom. The monoisotopic (exact) mass is 210 g/mol. The summed E-state index contributed by atoms with van der Waals surface area (Å²) in [5.41, 5.74) is 0.604. The standard InChI is InChI=1S/C12H18O3/c1-12(2,15-9-11(14)8-13)10-6-4-3-5-7-10/h3-7,11,13-14H,8-9H2,1-2H3. The molecule has 0 aliphatic carbocycles. The molecular formula is C12H18O3. The van der Waals surface area contributed by atoms with Crippen LogP contribution in [0.3, 0.4) is 0 Å². The molecule has 1 rings (SSSR count). The molecule has 1 atom stereocenters. The largest absolute Gasteiger partial charge is 0.394 e. The van der Waals surface area contributed by atoms with Gasteiger partial charge in [0.25, 0.3) is 0 Å². The van der Waals surface area contributed by atoms with Gasteiger partial charge in [-0.05, 0) is 19.4 Å². The first-order chi connectivity index (χ1) is 7.06. The van der Waals surface area contributed by atoms with Crippen LogP contribution in [-0.2, 0) is 10.3 Å². The summed E-state index contributed by atoms with van der Waals surface area (Å²) >= 11 is 0. The summed E-state index contributed by atoms with van der Waals surface area (Å²) in [6.07, 6.45) is -0.812. The van der Waals surface area contributed by atoms with Gasteiger partial charge in [-0.1, -0.05) is 30.3 Å². The normalized spacial score (nSPS) is 13.9. The van der Waals surface area contributed by atoms with E-state index in [1.165, 1.54) is 0 Å². The van der Waals surface area contributed by atoms with E-state index in [0.717, 1.165) is 5.56 Å². The van der Waals surface area contributed by atoms with Crippen LogP contribution in [0.5, 0.6) is 0 Å². The van der Waals surface area contributed by atoms with Crippen LogP contribution in [0.4, 0.5) is 0 Å². The van der Waals surface area contributed by atoms with Gasteiger partial charge in [-0.25, -0.2) is 0 Å². The van der Waals surface area contributed by atoms with Gasteiger partial charge in [0, 0.05) is 0 Å². The molecule has 0 aromatic heterocycles. The van der Waals surface area contributed by atoms with E-state index < -0.39 is 11.7 Å². The van der Waals surface area contributed by atoms with Gasteiger partial charge in [0.05, 0.1) is 18.8 Å². The zero-order valence-corrected chi connectivity index (χ0v) is 9.18. The van der Waals surface area contributed by atoms with E-state index in [1.54, 1.807) is 0 Å². The van der Waals surface area contributed by atoms with Crippen molar-refractivity contribution in [3.05, 3.63) is 35.9 Å². The predicted octanol–water partition coefficient (Wildman–Crippen LogP) is 1.29. The molecule has 3 heteroatoms. The molecule has 1 aromatic carbocycles. The fourth-order valence-electron chi connectivity index (χ4n) is 1.28. The van der Waals surface area contributed by atoms with Crippen molar-refractivity contribution in [2.45, 2.75) is 25.6 Å². The third-order valence-electron chi connectivity index (χ3n) is 2.32.